The van der Waals surface area contributed by atoms with Crippen molar-refractivity contribution in [1.82, 2.24) is 4.98 Å². The molecule has 2 aromatic rings. The molecule has 4 nitrogen and oxygen atoms in total. The van der Waals surface area contributed by atoms with E-state index in [9.17, 15) is 4.79 Å². The van der Waals surface area contributed by atoms with Gasteiger partial charge in [-0.25, -0.2) is 9.78 Å². The van der Waals surface area contributed by atoms with Crippen LogP contribution in [0.3, 0.4) is 0 Å². The number of hydrogen-bond acceptors (Lipinski definition) is 3. The van der Waals surface area contributed by atoms with E-state index in [-0.39, 0.29) is 5.56 Å². The summed E-state index contributed by atoms with van der Waals surface area (Å²) in [5.74, 6) is -0.113. The molecular weight excluding hydrogens is 252 g/mol. The number of carboxylic acid groups (broad SMARTS) is 1. The molecule has 0 fully saturated rings. The SMILES string of the molecule is CC(CCNc1ncccc1C(=O)O)c1ccccc1. The smallest absolute Gasteiger partial charge is 0.339 e. The van der Waals surface area contributed by atoms with Gasteiger partial charge in [-0.3, -0.25) is 0 Å². The van der Waals surface area contributed by atoms with Crippen LogP contribution in [0.4, 0.5) is 5.82 Å². The van der Waals surface area contributed by atoms with E-state index in [1.807, 2.05) is 18.2 Å². The van der Waals surface area contributed by atoms with Gasteiger partial charge in [-0.1, -0.05) is 37.3 Å². The second-order valence-corrected chi connectivity index (χ2v) is 4.73. The number of carboxylic acids is 1. The van der Waals surface area contributed by atoms with Crippen LogP contribution >= 0.6 is 0 Å². The maximum atomic E-state index is 11.1. The van der Waals surface area contributed by atoms with Crippen LogP contribution in [0.5, 0.6) is 0 Å². The Morgan fingerprint density at radius 3 is 2.70 bits per heavy atom. The number of aromatic carboxylic acids is 1. The standard InChI is InChI=1S/C16H18N2O2/c1-12(13-6-3-2-4-7-13)9-11-18-15-14(16(19)20)8-5-10-17-15/h2-8,10,12H,9,11H2,1H3,(H,17,18)(H,19,20). The zero-order chi connectivity index (χ0) is 14.4. The zero-order valence-electron chi connectivity index (χ0n) is 11.4. The molecule has 2 rings (SSSR count). The summed E-state index contributed by atoms with van der Waals surface area (Å²) in [6, 6.07) is 13.4. The Balaban J connectivity index is 1.92. The number of carbonyl (C=O) groups is 1. The van der Waals surface area contributed by atoms with E-state index in [0.717, 1.165) is 6.42 Å². The first-order valence-corrected chi connectivity index (χ1v) is 6.65. The molecule has 0 aliphatic carbocycles. The summed E-state index contributed by atoms with van der Waals surface area (Å²) >= 11 is 0. The summed E-state index contributed by atoms with van der Waals surface area (Å²) in [6.07, 6.45) is 2.51. The van der Waals surface area contributed by atoms with Gasteiger partial charge in [0.05, 0.1) is 0 Å². The lowest BCUT2D eigenvalue weighted by Gasteiger charge is -2.13. The van der Waals surface area contributed by atoms with Crippen LogP contribution in [0.15, 0.2) is 48.7 Å². The predicted molar refractivity (Wildman–Crippen MR) is 79.2 cm³/mol. The van der Waals surface area contributed by atoms with E-state index >= 15 is 0 Å². The molecule has 0 aliphatic heterocycles. The van der Waals surface area contributed by atoms with Gasteiger partial charge in [0.25, 0.3) is 0 Å². The van der Waals surface area contributed by atoms with Crippen molar-refractivity contribution in [3.63, 3.8) is 0 Å². The van der Waals surface area contributed by atoms with Gasteiger partial charge in [-0.2, -0.15) is 0 Å². The third kappa shape index (κ3) is 3.57. The highest BCUT2D eigenvalue weighted by Gasteiger charge is 2.10. The maximum absolute atomic E-state index is 11.1. The lowest BCUT2D eigenvalue weighted by Crippen LogP contribution is -2.11. The molecule has 1 aromatic carbocycles. The Morgan fingerprint density at radius 1 is 1.25 bits per heavy atom. The normalized spacial score (nSPS) is 11.8. The fraction of sp³-hybridized carbons (Fsp3) is 0.250. The van der Waals surface area contributed by atoms with Crippen molar-refractivity contribution in [3.05, 3.63) is 59.8 Å². The number of anilines is 1. The minimum atomic E-state index is -0.961. The second-order valence-electron chi connectivity index (χ2n) is 4.73. The topological polar surface area (TPSA) is 62.2 Å². The van der Waals surface area contributed by atoms with E-state index in [0.29, 0.717) is 18.3 Å². The van der Waals surface area contributed by atoms with Crippen molar-refractivity contribution < 1.29 is 9.90 Å². The van der Waals surface area contributed by atoms with E-state index in [4.69, 9.17) is 5.11 Å². The molecule has 0 bridgehead atoms. The number of benzene rings is 1. The summed E-state index contributed by atoms with van der Waals surface area (Å²) in [7, 11) is 0. The van der Waals surface area contributed by atoms with E-state index in [2.05, 4.69) is 29.4 Å². The highest BCUT2D eigenvalue weighted by molar-refractivity contribution is 5.92. The van der Waals surface area contributed by atoms with Crippen LogP contribution in [0.1, 0.15) is 35.2 Å². The number of rotatable bonds is 6. The Kier molecular flexibility index (Phi) is 4.71. The molecule has 1 atom stereocenters. The Hall–Kier alpha value is -2.36. The Morgan fingerprint density at radius 2 is 2.00 bits per heavy atom. The average Bonchev–Trinajstić information content (AvgIpc) is 2.48. The first-order chi connectivity index (χ1) is 9.68. The van der Waals surface area contributed by atoms with E-state index in [1.54, 1.807) is 18.3 Å². The molecular formula is C16H18N2O2. The predicted octanol–water partition coefficient (Wildman–Crippen LogP) is 3.39. The van der Waals surface area contributed by atoms with Crippen LogP contribution in [0.25, 0.3) is 0 Å². The van der Waals surface area contributed by atoms with E-state index in [1.165, 1.54) is 5.56 Å². The minimum Gasteiger partial charge on any atom is -0.478 e. The van der Waals surface area contributed by atoms with Gasteiger partial charge in [0.15, 0.2) is 0 Å². The highest BCUT2D eigenvalue weighted by atomic mass is 16.4. The van der Waals surface area contributed by atoms with Gasteiger partial charge < -0.3 is 10.4 Å². The van der Waals surface area contributed by atoms with Crippen LogP contribution in [-0.2, 0) is 0 Å². The Labute approximate surface area is 118 Å². The van der Waals surface area contributed by atoms with Crippen molar-refractivity contribution in [1.29, 1.82) is 0 Å². The molecule has 1 heterocycles. The quantitative estimate of drug-likeness (QED) is 0.844. The van der Waals surface area contributed by atoms with Crippen LogP contribution in [0.2, 0.25) is 0 Å². The van der Waals surface area contributed by atoms with Crippen LogP contribution in [-0.4, -0.2) is 22.6 Å². The second kappa shape index (κ2) is 6.70. The van der Waals surface area contributed by atoms with Crippen molar-refractivity contribution in [3.8, 4) is 0 Å². The van der Waals surface area contributed by atoms with Crippen molar-refractivity contribution in [2.24, 2.45) is 0 Å². The number of nitrogens with one attached hydrogen (secondary N) is 1. The lowest BCUT2D eigenvalue weighted by atomic mass is 9.98. The van der Waals surface area contributed by atoms with E-state index < -0.39 is 5.97 Å². The summed E-state index contributed by atoms with van der Waals surface area (Å²) in [4.78, 5) is 15.1. The molecule has 0 spiro atoms. The van der Waals surface area contributed by atoms with Crippen molar-refractivity contribution in [2.75, 3.05) is 11.9 Å². The number of aromatic nitrogens is 1. The van der Waals surface area contributed by atoms with Gasteiger partial charge in [-0.15, -0.1) is 0 Å². The first kappa shape index (κ1) is 14.1. The molecule has 0 saturated carbocycles. The van der Waals surface area contributed by atoms with Crippen molar-refractivity contribution in [2.45, 2.75) is 19.3 Å². The molecule has 0 radical (unpaired) electrons. The van der Waals surface area contributed by atoms with Gasteiger partial charge in [0.2, 0.25) is 0 Å². The third-order valence-corrected chi connectivity index (χ3v) is 3.28. The average molecular weight is 270 g/mol. The molecule has 4 heteroatoms. The fourth-order valence-corrected chi connectivity index (χ4v) is 2.07. The fourth-order valence-electron chi connectivity index (χ4n) is 2.07. The molecule has 0 saturated heterocycles. The van der Waals surface area contributed by atoms with Gasteiger partial charge in [-0.05, 0) is 30.0 Å². The highest BCUT2D eigenvalue weighted by Crippen LogP contribution is 2.19. The number of nitrogens with zero attached hydrogens (tertiary/aromatic N) is 1. The van der Waals surface area contributed by atoms with Gasteiger partial charge >= 0.3 is 5.97 Å². The molecule has 1 aromatic heterocycles. The molecule has 0 aliphatic rings. The summed E-state index contributed by atoms with van der Waals surface area (Å²) in [6.45, 7) is 2.85. The van der Waals surface area contributed by atoms with Crippen LogP contribution in [0, 0.1) is 0 Å². The maximum Gasteiger partial charge on any atom is 0.339 e. The van der Waals surface area contributed by atoms with Gasteiger partial charge in [0.1, 0.15) is 11.4 Å². The summed E-state index contributed by atoms with van der Waals surface area (Å²) in [5.41, 5.74) is 1.49. The lowest BCUT2D eigenvalue weighted by molar-refractivity contribution is 0.0697. The molecule has 0 amide bonds. The largest absolute Gasteiger partial charge is 0.478 e. The van der Waals surface area contributed by atoms with Crippen molar-refractivity contribution >= 4 is 11.8 Å². The summed E-state index contributed by atoms with van der Waals surface area (Å²) < 4.78 is 0. The molecule has 20 heavy (non-hydrogen) atoms. The molecule has 104 valence electrons. The minimum absolute atomic E-state index is 0.208. The first-order valence-electron chi connectivity index (χ1n) is 6.65. The third-order valence-electron chi connectivity index (χ3n) is 3.28. The number of pyridine rings is 1. The van der Waals surface area contributed by atoms with Gasteiger partial charge in [0, 0.05) is 12.7 Å². The monoisotopic (exact) mass is 270 g/mol. The molecule has 2 N–H and O–H groups in total. The molecule has 1 unspecified atom stereocenters. The summed E-state index contributed by atoms with van der Waals surface area (Å²) in [5, 5.41) is 12.2. The van der Waals surface area contributed by atoms with Crippen LogP contribution < -0.4 is 5.32 Å². The Bertz CT molecular complexity index is 570. The number of hydrogen-bond donors (Lipinski definition) is 2. The zero-order valence-corrected chi connectivity index (χ0v) is 11.4.